The molecule has 0 saturated heterocycles. The SMILES string of the molecule is CN1C(=O)C(=Cc2ccccc2Cl)Sc2ccc(C(=O)NC(C)(C)C)cc21. The van der Waals surface area contributed by atoms with Gasteiger partial charge in [0.15, 0.2) is 0 Å². The van der Waals surface area contributed by atoms with E-state index in [1.54, 1.807) is 36.2 Å². The number of likely N-dealkylation sites (N-methyl/N-ethyl adjacent to an activating group) is 1. The van der Waals surface area contributed by atoms with Gasteiger partial charge in [-0.05, 0) is 56.7 Å². The van der Waals surface area contributed by atoms with Crippen molar-refractivity contribution in [3.05, 3.63) is 63.5 Å². The van der Waals surface area contributed by atoms with Gasteiger partial charge in [0, 0.05) is 28.1 Å². The minimum absolute atomic E-state index is 0.124. The van der Waals surface area contributed by atoms with Crippen LogP contribution in [0.1, 0.15) is 36.7 Å². The van der Waals surface area contributed by atoms with Crippen LogP contribution in [0.25, 0.3) is 6.08 Å². The average molecular weight is 401 g/mol. The van der Waals surface area contributed by atoms with E-state index in [-0.39, 0.29) is 17.4 Å². The highest BCUT2D eigenvalue weighted by Gasteiger charge is 2.28. The van der Waals surface area contributed by atoms with Gasteiger partial charge in [0.25, 0.3) is 11.8 Å². The summed E-state index contributed by atoms with van der Waals surface area (Å²) in [6.07, 6.45) is 1.80. The summed E-state index contributed by atoms with van der Waals surface area (Å²) >= 11 is 7.60. The van der Waals surface area contributed by atoms with Crippen molar-refractivity contribution in [2.75, 3.05) is 11.9 Å². The first-order chi connectivity index (χ1) is 12.7. The van der Waals surface area contributed by atoms with Crippen molar-refractivity contribution in [2.24, 2.45) is 0 Å². The fraction of sp³-hybridized carbons (Fsp3) is 0.238. The number of nitrogens with zero attached hydrogens (tertiary/aromatic N) is 1. The van der Waals surface area contributed by atoms with Gasteiger partial charge in [0.2, 0.25) is 0 Å². The molecule has 0 aromatic heterocycles. The van der Waals surface area contributed by atoms with Crippen LogP contribution in [-0.4, -0.2) is 24.4 Å². The summed E-state index contributed by atoms with van der Waals surface area (Å²) in [6, 6.07) is 12.8. The Morgan fingerprint density at radius 3 is 2.56 bits per heavy atom. The molecule has 0 unspecified atom stereocenters. The first-order valence-electron chi connectivity index (χ1n) is 8.54. The van der Waals surface area contributed by atoms with Crippen LogP contribution in [0.15, 0.2) is 52.3 Å². The van der Waals surface area contributed by atoms with E-state index in [9.17, 15) is 9.59 Å². The zero-order valence-electron chi connectivity index (χ0n) is 15.7. The molecule has 2 aromatic carbocycles. The highest BCUT2D eigenvalue weighted by molar-refractivity contribution is 8.04. The second-order valence-electron chi connectivity index (χ2n) is 7.38. The van der Waals surface area contributed by atoms with Crippen molar-refractivity contribution in [1.29, 1.82) is 0 Å². The smallest absolute Gasteiger partial charge is 0.264 e. The molecule has 6 heteroatoms. The van der Waals surface area contributed by atoms with Gasteiger partial charge < -0.3 is 10.2 Å². The maximum atomic E-state index is 12.8. The lowest BCUT2D eigenvalue weighted by Gasteiger charge is -2.28. The Balaban J connectivity index is 1.94. The number of hydrogen-bond donors (Lipinski definition) is 1. The predicted octanol–water partition coefficient (Wildman–Crippen LogP) is 4.98. The summed E-state index contributed by atoms with van der Waals surface area (Å²) in [4.78, 5) is 28.3. The van der Waals surface area contributed by atoms with E-state index in [0.717, 1.165) is 16.1 Å². The van der Waals surface area contributed by atoms with Crippen molar-refractivity contribution in [1.82, 2.24) is 5.32 Å². The number of fused-ring (bicyclic) bond motifs is 1. The molecule has 2 amide bonds. The van der Waals surface area contributed by atoms with Crippen molar-refractivity contribution < 1.29 is 9.59 Å². The Labute approximate surface area is 168 Å². The number of carbonyl (C=O) groups is 2. The number of hydrogen-bond acceptors (Lipinski definition) is 3. The molecule has 140 valence electrons. The van der Waals surface area contributed by atoms with Crippen LogP contribution in [0.3, 0.4) is 0 Å². The van der Waals surface area contributed by atoms with Gasteiger partial charge in [0.05, 0.1) is 10.6 Å². The maximum absolute atomic E-state index is 12.8. The Bertz CT molecular complexity index is 947. The first kappa shape index (κ1) is 19.5. The van der Waals surface area contributed by atoms with Crippen LogP contribution in [0.5, 0.6) is 0 Å². The van der Waals surface area contributed by atoms with Crippen LogP contribution in [0.2, 0.25) is 5.02 Å². The Kier molecular flexibility index (Phi) is 5.36. The minimum atomic E-state index is -0.325. The van der Waals surface area contributed by atoms with Crippen molar-refractivity contribution in [3.63, 3.8) is 0 Å². The highest BCUT2D eigenvalue weighted by Crippen LogP contribution is 2.42. The van der Waals surface area contributed by atoms with E-state index in [2.05, 4.69) is 5.32 Å². The zero-order chi connectivity index (χ0) is 19.8. The number of rotatable bonds is 2. The summed E-state index contributed by atoms with van der Waals surface area (Å²) in [5.74, 6) is -0.283. The molecule has 2 aromatic rings. The first-order valence-corrected chi connectivity index (χ1v) is 9.74. The molecule has 0 fully saturated rings. The van der Waals surface area contributed by atoms with E-state index >= 15 is 0 Å². The lowest BCUT2D eigenvalue weighted by molar-refractivity contribution is -0.114. The highest BCUT2D eigenvalue weighted by atomic mass is 35.5. The topological polar surface area (TPSA) is 49.4 Å². The molecule has 27 heavy (non-hydrogen) atoms. The number of nitrogens with one attached hydrogen (secondary N) is 1. The molecule has 1 aliphatic heterocycles. The fourth-order valence-electron chi connectivity index (χ4n) is 2.68. The summed E-state index contributed by atoms with van der Waals surface area (Å²) in [5, 5.41) is 3.54. The molecule has 0 radical (unpaired) electrons. The van der Waals surface area contributed by atoms with Crippen molar-refractivity contribution in [3.8, 4) is 0 Å². The van der Waals surface area contributed by atoms with E-state index in [1.807, 2.05) is 45.0 Å². The zero-order valence-corrected chi connectivity index (χ0v) is 17.2. The third-order valence-electron chi connectivity index (χ3n) is 4.00. The lowest BCUT2D eigenvalue weighted by atomic mass is 10.1. The van der Waals surface area contributed by atoms with Crippen molar-refractivity contribution in [2.45, 2.75) is 31.2 Å². The summed E-state index contributed by atoms with van der Waals surface area (Å²) in [5.41, 5.74) is 1.73. The Hall–Kier alpha value is -2.24. The largest absolute Gasteiger partial charge is 0.347 e. The Morgan fingerprint density at radius 2 is 1.89 bits per heavy atom. The van der Waals surface area contributed by atoms with Gasteiger partial charge >= 0.3 is 0 Å². The molecular weight excluding hydrogens is 380 g/mol. The molecule has 0 bridgehead atoms. The van der Waals surface area contributed by atoms with Crippen LogP contribution in [-0.2, 0) is 4.79 Å². The maximum Gasteiger partial charge on any atom is 0.264 e. The number of amides is 2. The van der Waals surface area contributed by atoms with E-state index in [1.165, 1.54) is 11.8 Å². The van der Waals surface area contributed by atoms with Gasteiger partial charge in [-0.3, -0.25) is 9.59 Å². The van der Waals surface area contributed by atoms with Crippen LogP contribution in [0, 0.1) is 0 Å². The predicted molar refractivity (Wildman–Crippen MR) is 112 cm³/mol. The van der Waals surface area contributed by atoms with Crippen LogP contribution in [0.4, 0.5) is 5.69 Å². The summed E-state index contributed by atoms with van der Waals surface area (Å²) < 4.78 is 0. The molecular formula is C21H21ClN2O2S. The third kappa shape index (κ3) is 4.37. The monoisotopic (exact) mass is 400 g/mol. The third-order valence-corrected chi connectivity index (χ3v) is 5.42. The molecule has 1 aliphatic rings. The molecule has 0 saturated carbocycles. The molecule has 1 N–H and O–H groups in total. The van der Waals surface area contributed by atoms with E-state index in [4.69, 9.17) is 11.6 Å². The van der Waals surface area contributed by atoms with E-state index in [0.29, 0.717) is 15.5 Å². The van der Waals surface area contributed by atoms with Gasteiger partial charge in [-0.15, -0.1) is 0 Å². The fourth-order valence-corrected chi connectivity index (χ4v) is 3.96. The van der Waals surface area contributed by atoms with Gasteiger partial charge in [-0.1, -0.05) is 41.6 Å². The van der Waals surface area contributed by atoms with Crippen LogP contribution < -0.4 is 10.2 Å². The summed E-state index contributed by atoms with van der Waals surface area (Å²) in [7, 11) is 1.72. The second kappa shape index (κ2) is 7.41. The quantitative estimate of drug-likeness (QED) is 0.723. The molecule has 3 rings (SSSR count). The molecule has 4 nitrogen and oxygen atoms in total. The second-order valence-corrected chi connectivity index (χ2v) is 8.87. The number of halogens is 1. The summed E-state index contributed by atoms with van der Waals surface area (Å²) in [6.45, 7) is 5.79. The molecule has 0 atom stereocenters. The van der Waals surface area contributed by atoms with Gasteiger partial charge in [-0.2, -0.15) is 0 Å². The number of carbonyl (C=O) groups excluding carboxylic acids is 2. The molecule has 1 heterocycles. The lowest BCUT2D eigenvalue weighted by Crippen LogP contribution is -2.40. The van der Waals surface area contributed by atoms with Gasteiger partial charge in [0.1, 0.15) is 0 Å². The number of anilines is 1. The van der Waals surface area contributed by atoms with Gasteiger partial charge in [-0.25, -0.2) is 0 Å². The Morgan fingerprint density at radius 1 is 1.19 bits per heavy atom. The van der Waals surface area contributed by atoms with Crippen LogP contribution >= 0.6 is 23.4 Å². The number of benzene rings is 2. The molecule has 0 spiro atoms. The number of thioether (sulfide) groups is 1. The standard InChI is InChI=1S/C21H21ClN2O2S/c1-21(2,3)23-19(25)14-9-10-17-16(11-14)24(4)20(26)18(27-17)12-13-7-5-6-8-15(13)22/h5-12H,1-4H3,(H,23,25). The average Bonchev–Trinajstić information content (AvgIpc) is 2.59. The minimum Gasteiger partial charge on any atom is -0.347 e. The van der Waals surface area contributed by atoms with Crippen molar-refractivity contribution >= 4 is 46.9 Å². The normalized spacial score (nSPS) is 15.7. The van der Waals surface area contributed by atoms with E-state index < -0.39 is 0 Å². The molecule has 0 aliphatic carbocycles.